The zero-order chi connectivity index (χ0) is 7.56. The topological polar surface area (TPSA) is 55.4 Å². The van der Waals surface area contributed by atoms with Crippen LogP contribution in [-0.2, 0) is 9.53 Å². The molecule has 1 amide bonds. The lowest BCUT2D eigenvalue weighted by atomic mass is 10.2. The third-order valence-corrected chi connectivity index (χ3v) is 1.46. The van der Waals surface area contributed by atoms with Crippen LogP contribution < -0.4 is 5.32 Å². The molecule has 0 unspecified atom stereocenters. The van der Waals surface area contributed by atoms with Crippen molar-refractivity contribution >= 4 is 23.5 Å². The fourth-order valence-corrected chi connectivity index (χ4v) is 0.837. The largest absolute Gasteiger partial charge is 0.447 e. The fourth-order valence-electron chi connectivity index (χ4n) is 0.651. The van der Waals surface area contributed by atoms with Crippen LogP contribution in [0.3, 0.4) is 0 Å². The van der Waals surface area contributed by atoms with Gasteiger partial charge in [0, 0.05) is 0 Å². The van der Waals surface area contributed by atoms with E-state index in [0.29, 0.717) is 0 Å². The molecule has 1 fully saturated rings. The van der Waals surface area contributed by atoms with E-state index in [2.05, 4.69) is 10.1 Å². The van der Waals surface area contributed by atoms with Crippen molar-refractivity contribution in [3.63, 3.8) is 0 Å². The van der Waals surface area contributed by atoms with Crippen LogP contribution >= 0.6 is 11.6 Å². The number of hydrogen-bond donors (Lipinski definition) is 1. The molecule has 5 heteroatoms. The van der Waals surface area contributed by atoms with Crippen LogP contribution in [0.15, 0.2) is 0 Å². The summed E-state index contributed by atoms with van der Waals surface area (Å²) in [7, 11) is 0. The number of carbonyl (C=O) groups is 2. The number of alkyl halides is 1. The van der Waals surface area contributed by atoms with Crippen molar-refractivity contribution in [2.45, 2.75) is 6.04 Å². The first-order valence-corrected chi connectivity index (χ1v) is 3.29. The van der Waals surface area contributed by atoms with Crippen LogP contribution in [0.1, 0.15) is 0 Å². The molecule has 1 rings (SSSR count). The van der Waals surface area contributed by atoms with Crippen LogP contribution in [0.2, 0.25) is 0 Å². The molecule has 0 spiro atoms. The third kappa shape index (κ3) is 1.39. The lowest BCUT2D eigenvalue weighted by Crippen LogP contribution is -2.35. The van der Waals surface area contributed by atoms with Gasteiger partial charge in [-0.1, -0.05) is 0 Å². The molecule has 1 N–H and O–H groups in total. The zero-order valence-electron chi connectivity index (χ0n) is 5.09. The van der Waals surface area contributed by atoms with E-state index >= 15 is 0 Å². The summed E-state index contributed by atoms with van der Waals surface area (Å²) in [5.41, 5.74) is 0. The molecule has 0 aromatic carbocycles. The van der Waals surface area contributed by atoms with Crippen molar-refractivity contribution in [1.29, 1.82) is 0 Å². The minimum Gasteiger partial charge on any atom is -0.447 e. The van der Waals surface area contributed by atoms with Crippen molar-refractivity contribution in [1.82, 2.24) is 5.32 Å². The Morgan fingerprint density at radius 2 is 2.60 bits per heavy atom. The van der Waals surface area contributed by atoms with E-state index in [0.717, 1.165) is 0 Å². The summed E-state index contributed by atoms with van der Waals surface area (Å²) in [6.45, 7) is 0.102. The smallest absolute Gasteiger partial charge is 0.407 e. The molecular formula is C5H6ClNO3. The van der Waals surface area contributed by atoms with Gasteiger partial charge in [0.25, 0.3) is 0 Å². The van der Waals surface area contributed by atoms with Gasteiger partial charge >= 0.3 is 6.09 Å². The zero-order valence-corrected chi connectivity index (χ0v) is 5.85. The fraction of sp³-hybridized carbons (Fsp3) is 0.600. The van der Waals surface area contributed by atoms with E-state index in [1.54, 1.807) is 0 Å². The number of rotatable bonds is 2. The second-order valence-electron chi connectivity index (χ2n) is 1.90. The first-order valence-electron chi connectivity index (χ1n) is 2.76. The number of nitrogens with one attached hydrogen (secondary N) is 1. The lowest BCUT2D eigenvalue weighted by molar-refractivity contribution is -0.118. The normalized spacial score (nSPS) is 23.7. The molecule has 10 heavy (non-hydrogen) atoms. The Hall–Kier alpha value is -0.770. The minimum atomic E-state index is -0.552. The summed E-state index contributed by atoms with van der Waals surface area (Å²) in [5.74, 6) is -0.304. The van der Waals surface area contributed by atoms with E-state index in [9.17, 15) is 9.59 Å². The number of ether oxygens (including phenoxy) is 1. The van der Waals surface area contributed by atoms with Gasteiger partial charge in [-0.3, -0.25) is 4.79 Å². The monoisotopic (exact) mass is 163 g/mol. The molecular weight excluding hydrogens is 158 g/mol. The second-order valence-corrected chi connectivity index (χ2v) is 2.16. The van der Waals surface area contributed by atoms with Crippen molar-refractivity contribution in [3.05, 3.63) is 0 Å². The molecule has 1 aliphatic rings. The van der Waals surface area contributed by atoms with Gasteiger partial charge in [0.15, 0.2) is 5.78 Å². The van der Waals surface area contributed by atoms with Crippen LogP contribution in [0.25, 0.3) is 0 Å². The second kappa shape index (κ2) is 2.88. The average Bonchev–Trinajstić information content (AvgIpc) is 2.34. The van der Waals surface area contributed by atoms with E-state index in [1.165, 1.54) is 0 Å². The standard InChI is InChI=1S/C5H6ClNO3/c6-1-4(8)3-2-10-5(9)7-3/h3H,1-2H2,(H,7,9)/t3-/m0/s1. The van der Waals surface area contributed by atoms with Gasteiger partial charge in [-0.15, -0.1) is 11.6 Å². The molecule has 0 aromatic rings. The average molecular weight is 164 g/mol. The highest BCUT2D eigenvalue weighted by molar-refractivity contribution is 6.28. The maximum absolute atomic E-state index is 10.7. The molecule has 56 valence electrons. The Morgan fingerprint density at radius 1 is 1.90 bits per heavy atom. The summed E-state index contributed by atoms with van der Waals surface area (Å²) < 4.78 is 4.46. The molecule has 0 aliphatic carbocycles. The number of cyclic esters (lactones) is 1. The van der Waals surface area contributed by atoms with Crippen LogP contribution in [-0.4, -0.2) is 30.4 Å². The highest BCUT2D eigenvalue weighted by Crippen LogP contribution is 1.99. The summed E-state index contributed by atoms with van der Waals surface area (Å²) in [4.78, 5) is 21.1. The van der Waals surface area contributed by atoms with Crippen molar-refractivity contribution in [2.75, 3.05) is 12.5 Å². The summed E-state index contributed by atoms with van der Waals surface area (Å²) >= 11 is 5.22. The van der Waals surface area contributed by atoms with E-state index in [-0.39, 0.29) is 18.3 Å². The maximum Gasteiger partial charge on any atom is 0.407 e. The Bertz CT molecular complexity index is 170. The van der Waals surface area contributed by atoms with Crippen LogP contribution in [0.4, 0.5) is 4.79 Å². The van der Waals surface area contributed by atoms with Gasteiger partial charge in [-0.2, -0.15) is 0 Å². The quantitative estimate of drug-likeness (QED) is 0.579. The Morgan fingerprint density at radius 3 is 3.00 bits per heavy atom. The minimum absolute atomic E-state index is 0.0890. The van der Waals surface area contributed by atoms with E-state index < -0.39 is 12.1 Å². The SMILES string of the molecule is O=C1N[C@H](C(=O)CCl)CO1. The highest BCUT2D eigenvalue weighted by atomic mass is 35.5. The van der Waals surface area contributed by atoms with Crippen molar-refractivity contribution in [3.8, 4) is 0 Å². The van der Waals surface area contributed by atoms with Crippen molar-refractivity contribution < 1.29 is 14.3 Å². The molecule has 1 aliphatic heterocycles. The third-order valence-electron chi connectivity index (χ3n) is 1.19. The Balaban J connectivity index is 2.44. The summed E-state index contributed by atoms with van der Waals surface area (Å²) in [5, 5.41) is 2.31. The van der Waals surface area contributed by atoms with Crippen LogP contribution in [0.5, 0.6) is 0 Å². The molecule has 0 aromatic heterocycles. The number of hydrogen-bond acceptors (Lipinski definition) is 3. The first kappa shape index (κ1) is 7.34. The number of ketones is 1. The molecule has 1 saturated heterocycles. The number of halogens is 1. The Labute approximate surface area is 62.5 Å². The highest BCUT2D eigenvalue weighted by Gasteiger charge is 2.27. The number of carbonyl (C=O) groups excluding carboxylic acids is 2. The summed E-state index contributed by atoms with van der Waals surface area (Å²) in [6.07, 6.45) is -0.552. The van der Waals surface area contributed by atoms with Gasteiger partial charge in [0.1, 0.15) is 12.6 Å². The van der Waals surface area contributed by atoms with Gasteiger partial charge in [-0.05, 0) is 0 Å². The summed E-state index contributed by atoms with van der Waals surface area (Å²) in [6, 6.07) is -0.537. The van der Waals surface area contributed by atoms with Gasteiger partial charge < -0.3 is 10.1 Å². The first-order chi connectivity index (χ1) is 4.74. The molecule has 0 bridgehead atoms. The molecule has 1 atom stereocenters. The van der Waals surface area contributed by atoms with Gasteiger partial charge in [-0.25, -0.2) is 4.79 Å². The number of amides is 1. The molecule has 0 saturated carbocycles. The predicted molar refractivity (Wildman–Crippen MR) is 34.0 cm³/mol. The van der Waals surface area contributed by atoms with Crippen molar-refractivity contribution in [2.24, 2.45) is 0 Å². The van der Waals surface area contributed by atoms with E-state index in [4.69, 9.17) is 11.6 Å². The van der Waals surface area contributed by atoms with E-state index in [1.807, 2.05) is 0 Å². The number of alkyl carbamates (subject to hydrolysis) is 1. The number of Topliss-reactive ketones (excluding diaryl/α,β-unsaturated/α-hetero) is 1. The lowest BCUT2D eigenvalue weighted by Gasteiger charge is -2.00. The van der Waals surface area contributed by atoms with Crippen LogP contribution in [0, 0.1) is 0 Å². The van der Waals surface area contributed by atoms with Gasteiger partial charge in [0.2, 0.25) is 0 Å². The molecule has 4 nitrogen and oxygen atoms in total. The molecule has 0 radical (unpaired) electrons. The molecule has 1 heterocycles. The maximum atomic E-state index is 10.7. The van der Waals surface area contributed by atoms with Gasteiger partial charge in [0.05, 0.1) is 5.88 Å². The predicted octanol–water partition coefficient (Wildman–Crippen LogP) is -0.0973. The Kier molecular flexibility index (Phi) is 2.11.